The van der Waals surface area contributed by atoms with Crippen LogP contribution in [0, 0.1) is 11.3 Å². The molecule has 3 aromatic rings. The van der Waals surface area contributed by atoms with Crippen LogP contribution in [0.5, 0.6) is 0 Å². The zero-order valence-corrected chi connectivity index (χ0v) is 14.9. The van der Waals surface area contributed by atoms with E-state index >= 15 is 0 Å². The fourth-order valence-electron chi connectivity index (χ4n) is 3.10. The van der Waals surface area contributed by atoms with Crippen LogP contribution in [0.25, 0.3) is 5.52 Å². The lowest BCUT2D eigenvalue weighted by Crippen LogP contribution is -2.30. The second-order valence-corrected chi connectivity index (χ2v) is 6.34. The van der Waals surface area contributed by atoms with Crippen molar-refractivity contribution < 1.29 is 4.79 Å². The molecular weight excluding hydrogens is 346 g/mol. The Kier molecular flexibility index (Phi) is 4.43. The summed E-state index contributed by atoms with van der Waals surface area (Å²) < 4.78 is 3.07. The molecule has 1 amide bonds. The molecule has 0 aromatic carbocycles. The van der Waals surface area contributed by atoms with E-state index in [0.717, 1.165) is 38.1 Å². The van der Waals surface area contributed by atoms with Crippen LogP contribution in [0.1, 0.15) is 22.6 Å². The van der Waals surface area contributed by atoms with Crippen molar-refractivity contribution in [2.75, 3.05) is 36.4 Å². The Labute approximate surface area is 155 Å². The van der Waals surface area contributed by atoms with Crippen LogP contribution in [-0.2, 0) is 7.05 Å². The molecule has 0 spiro atoms. The first-order valence-corrected chi connectivity index (χ1v) is 8.71. The monoisotopic (exact) mass is 365 g/mol. The molecule has 1 fully saturated rings. The topological polar surface area (TPSA) is 116 Å². The summed E-state index contributed by atoms with van der Waals surface area (Å²) in [6.45, 7) is 3.53. The lowest BCUT2D eigenvalue weighted by molar-refractivity contribution is 0.102. The highest BCUT2D eigenvalue weighted by Crippen LogP contribution is 2.16. The first kappa shape index (κ1) is 17.0. The lowest BCUT2D eigenvalue weighted by Gasteiger charge is -2.19. The molecule has 0 bridgehead atoms. The van der Waals surface area contributed by atoms with Gasteiger partial charge in [-0.2, -0.15) is 10.4 Å². The first-order valence-electron chi connectivity index (χ1n) is 8.71. The summed E-state index contributed by atoms with van der Waals surface area (Å²) in [5, 5.41) is 23.8. The van der Waals surface area contributed by atoms with Crippen molar-refractivity contribution in [2.45, 2.75) is 6.42 Å². The number of carbonyl (C=O) groups is 1. The Bertz CT molecular complexity index is 1020. The van der Waals surface area contributed by atoms with Crippen LogP contribution in [-0.4, -0.2) is 56.5 Å². The number of nitrogens with one attached hydrogen (secondary N) is 2. The molecule has 1 saturated heterocycles. The van der Waals surface area contributed by atoms with Gasteiger partial charge in [-0.15, -0.1) is 5.10 Å². The Morgan fingerprint density at radius 2 is 2.19 bits per heavy atom. The van der Waals surface area contributed by atoms with Gasteiger partial charge >= 0.3 is 0 Å². The van der Waals surface area contributed by atoms with Crippen LogP contribution in [0.3, 0.4) is 0 Å². The minimum Gasteiger partial charge on any atom is -0.338 e. The van der Waals surface area contributed by atoms with E-state index in [9.17, 15) is 4.79 Å². The molecule has 0 aliphatic carbocycles. The SMILES string of the molecule is Cn1cc(NC(=O)c2ccc3cnc(N4CCCNCC4)nn23)c(C#N)n1. The van der Waals surface area contributed by atoms with Gasteiger partial charge in [0.15, 0.2) is 5.69 Å². The van der Waals surface area contributed by atoms with Crippen LogP contribution < -0.4 is 15.5 Å². The second-order valence-electron chi connectivity index (χ2n) is 6.34. The van der Waals surface area contributed by atoms with E-state index in [1.165, 1.54) is 4.68 Å². The van der Waals surface area contributed by atoms with Gasteiger partial charge in [-0.25, -0.2) is 9.50 Å². The van der Waals surface area contributed by atoms with Crippen molar-refractivity contribution in [1.29, 1.82) is 5.26 Å². The molecule has 10 heteroatoms. The van der Waals surface area contributed by atoms with Gasteiger partial charge in [0.1, 0.15) is 11.8 Å². The van der Waals surface area contributed by atoms with E-state index in [4.69, 9.17) is 5.26 Å². The normalized spacial score (nSPS) is 14.7. The third kappa shape index (κ3) is 3.32. The smallest absolute Gasteiger partial charge is 0.274 e. The highest BCUT2D eigenvalue weighted by molar-refractivity contribution is 6.04. The van der Waals surface area contributed by atoms with Crippen molar-refractivity contribution >= 4 is 23.1 Å². The lowest BCUT2D eigenvalue weighted by atomic mass is 10.3. The molecule has 10 nitrogen and oxygen atoms in total. The van der Waals surface area contributed by atoms with Gasteiger partial charge in [0, 0.05) is 32.9 Å². The minimum atomic E-state index is -0.360. The van der Waals surface area contributed by atoms with Crippen molar-refractivity contribution in [1.82, 2.24) is 29.7 Å². The highest BCUT2D eigenvalue weighted by atomic mass is 16.2. The Morgan fingerprint density at radius 3 is 3.04 bits per heavy atom. The molecule has 0 unspecified atom stereocenters. The van der Waals surface area contributed by atoms with E-state index < -0.39 is 0 Å². The summed E-state index contributed by atoms with van der Waals surface area (Å²) in [6, 6.07) is 5.45. The van der Waals surface area contributed by atoms with Crippen molar-refractivity contribution in [2.24, 2.45) is 7.05 Å². The summed E-state index contributed by atoms with van der Waals surface area (Å²) in [7, 11) is 1.69. The van der Waals surface area contributed by atoms with Crippen molar-refractivity contribution in [3.63, 3.8) is 0 Å². The molecule has 27 heavy (non-hydrogen) atoms. The zero-order chi connectivity index (χ0) is 18.8. The van der Waals surface area contributed by atoms with E-state index in [0.29, 0.717) is 17.3 Å². The summed E-state index contributed by atoms with van der Waals surface area (Å²) >= 11 is 0. The molecule has 0 saturated carbocycles. The largest absolute Gasteiger partial charge is 0.338 e. The third-order valence-electron chi connectivity index (χ3n) is 4.42. The average Bonchev–Trinajstić information content (AvgIpc) is 3.13. The molecule has 3 aromatic heterocycles. The maximum absolute atomic E-state index is 12.7. The number of anilines is 2. The predicted molar refractivity (Wildman–Crippen MR) is 98.6 cm³/mol. The molecule has 4 rings (SSSR count). The third-order valence-corrected chi connectivity index (χ3v) is 4.42. The standard InChI is InChI=1S/C17H19N9O/c1-24-11-14(13(9-18)22-24)21-16(27)15-4-3-12-10-20-17(23-26(12)15)25-7-2-5-19-6-8-25/h3-4,10-11,19H,2,5-8H2,1H3,(H,21,27). The molecule has 138 valence electrons. The number of hydrogen-bond donors (Lipinski definition) is 2. The van der Waals surface area contributed by atoms with Gasteiger partial charge < -0.3 is 15.5 Å². The minimum absolute atomic E-state index is 0.166. The molecule has 4 heterocycles. The second kappa shape index (κ2) is 7.05. The van der Waals surface area contributed by atoms with Crippen LogP contribution in [0.15, 0.2) is 24.5 Å². The molecule has 0 atom stereocenters. The van der Waals surface area contributed by atoms with Gasteiger partial charge in [0.25, 0.3) is 5.91 Å². The van der Waals surface area contributed by atoms with E-state index in [1.807, 2.05) is 6.07 Å². The molecule has 0 radical (unpaired) electrons. The Hall–Kier alpha value is -3.45. The first-order chi connectivity index (χ1) is 13.2. The number of aryl methyl sites for hydroxylation is 1. The van der Waals surface area contributed by atoms with Crippen LogP contribution in [0.4, 0.5) is 11.6 Å². The van der Waals surface area contributed by atoms with Crippen LogP contribution >= 0.6 is 0 Å². The van der Waals surface area contributed by atoms with Gasteiger partial charge in [0.2, 0.25) is 5.95 Å². The molecule has 2 N–H and O–H groups in total. The molecular formula is C17H19N9O. The zero-order valence-electron chi connectivity index (χ0n) is 14.9. The number of carbonyl (C=O) groups excluding carboxylic acids is 1. The summed E-state index contributed by atoms with van der Waals surface area (Å²) in [5.74, 6) is 0.234. The fraction of sp³-hybridized carbons (Fsp3) is 0.353. The number of fused-ring (bicyclic) bond motifs is 1. The molecule has 1 aliphatic rings. The summed E-state index contributed by atoms with van der Waals surface area (Å²) in [5.41, 5.74) is 1.63. The van der Waals surface area contributed by atoms with Crippen LogP contribution in [0.2, 0.25) is 0 Å². The van der Waals surface area contributed by atoms with Gasteiger partial charge in [0.05, 0.1) is 17.4 Å². The van der Waals surface area contributed by atoms with Crippen molar-refractivity contribution in [3.8, 4) is 6.07 Å². The number of nitrogens with zero attached hydrogens (tertiary/aromatic N) is 7. The number of amides is 1. The van der Waals surface area contributed by atoms with E-state index in [2.05, 4.69) is 30.7 Å². The fourth-order valence-corrected chi connectivity index (χ4v) is 3.10. The highest BCUT2D eigenvalue weighted by Gasteiger charge is 2.18. The number of nitriles is 1. The number of rotatable bonds is 3. The van der Waals surface area contributed by atoms with Gasteiger partial charge in [-0.05, 0) is 25.1 Å². The number of hydrogen-bond acceptors (Lipinski definition) is 7. The van der Waals surface area contributed by atoms with Gasteiger partial charge in [-0.1, -0.05) is 0 Å². The molecule has 1 aliphatic heterocycles. The maximum atomic E-state index is 12.7. The summed E-state index contributed by atoms with van der Waals surface area (Å²) in [4.78, 5) is 19.3. The van der Waals surface area contributed by atoms with E-state index in [-0.39, 0.29) is 11.6 Å². The Morgan fingerprint density at radius 1 is 1.30 bits per heavy atom. The van der Waals surface area contributed by atoms with Crippen molar-refractivity contribution in [3.05, 3.63) is 35.9 Å². The maximum Gasteiger partial charge on any atom is 0.274 e. The van der Waals surface area contributed by atoms with E-state index in [1.54, 1.807) is 36.1 Å². The number of aromatic nitrogens is 5. The summed E-state index contributed by atoms with van der Waals surface area (Å²) in [6.07, 6.45) is 4.32. The quantitative estimate of drug-likeness (QED) is 0.689. The average molecular weight is 365 g/mol. The van der Waals surface area contributed by atoms with Gasteiger partial charge in [-0.3, -0.25) is 9.48 Å². The Balaban J connectivity index is 1.64. The predicted octanol–water partition coefficient (Wildman–Crippen LogP) is 0.386.